The fraction of sp³-hybridized carbons (Fsp3) is 0.500. The third-order valence-electron chi connectivity index (χ3n) is 4.66. The second-order valence-corrected chi connectivity index (χ2v) is 6.66. The van der Waals surface area contributed by atoms with Gasteiger partial charge in [-0.15, -0.1) is 10.2 Å². The Hall–Kier alpha value is -1.92. The zero-order chi connectivity index (χ0) is 17.8. The Balaban J connectivity index is 1.54. The van der Waals surface area contributed by atoms with E-state index in [0.717, 1.165) is 25.1 Å². The number of nitrogens with zero attached hydrogens (tertiary/aromatic N) is 4. The third kappa shape index (κ3) is 4.19. The van der Waals surface area contributed by atoms with Crippen molar-refractivity contribution < 1.29 is 9.21 Å². The van der Waals surface area contributed by atoms with Crippen molar-refractivity contribution in [2.75, 3.05) is 26.2 Å². The number of aromatic nitrogens is 2. The van der Waals surface area contributed by atoms with Crippen molar-refractivity contribution in [1.29, 1.82) is 0 Å². The lowest BCUT2D eigenvalue weighted by molar-refractivity contribution is -0.132. The van der Waals surface area contributed by atoms with E-state index in [2.05, 4.69) is 22.0 Å². The molecule has 0 spiro atoms. The Morgan fingerprint density at radius 2 is 1.96 bits per heavy atom. The molecule has 1 aromatic carbocycles. The van der Waals surface area contributed by atoms with Crippen LogP contribution >= 0.6 is 11.6 Å². The van der Waals surface area contributed by atoms with E-state index < -0.39 is 0 Å². The normalized spacial score (nSPS) is 16.8. The number of halogens is 1. The lowest BCUT2D eigenvalue weighted by Crippen LogP contribution is -2.49. The number of carbonyl (C=O) groups is 1. The molecule has 1 aliphatic rings. The van der Waals surface area contributed by atoms with Crippen LogP contribution in [0, 0.1) is 0 Å². The summed E-state index contributed by atoms with van der Waals surface area (Å²) in [6, 6.07) is 7.56. The van der Waals surface area contributed by atoms with Gasteiger partial charge in [0.05, 0.1) is 12.5 Å². The molecule has 0 aliphatic carbocycles. The summed E-state index contributed by atoms with van der Waals surface area (Å²) in [5.74, 6) is 1.43. The molecular formula is C18H23ClN4O2. The molecule has 1 atom stereocenters. The second-order valence-electron chi connectivity index (χ2n) is 6.25. The molecule has 1 aliphatic heterocycles. The highest BCUT2D eigenvalue weighted by atomic mass is 35.5. The lowest BCUT2D eigenvalue weighted by atomic mass is 10.1. The lowest BCUT2D eigenvalue weighted by Gasteiger charge is -2.37. The van der Waals surface area contributed by atoms with Crippen molar-refractivity contribution in [2.45, 2.75) is 32.7 Å². The van der Waals surface area contributed by atoms with E-state index in [1.165, 1.54) is 0 Å². The summed E-state index contributed by atoms with van der Waals surface area (Å²) in [5, 5.41) is 8.80. The summed E-state index contributed by atoms with van der Waals surface area (Å²) in [7, 11) is 0. The van der Waals surface area contributed by atoms with Crippen LogP contribution in [0.2, 0.25) is 5.02 Å². The Labute approximate surface area is 152 Å². The van der Waals surface area contributed by atoms with Gasteiger partial charge in [-0.1, -0.05) is 36.7 Å². The molecule has 134 valence electrons. The summed E-state index contributed by atoms with van der Waals surface area (Å²) in [4.78, 5) is 16.7. The molecule has 1 saturated heterocycles. The molecule has 2 aromatic rings. The van der Waals surface area contributed by atoms with Crippen LogP contribution in [0.1, 0.15) is 37.2 Å². The largest absolute Gasteiger partial charge is 0.424 e. The third-order valence-corrected chi connectivity index (χ3v) is 5.03. The van der Waals surface area contributed by atoms with Gasteiger partial charge in [0.1, 0.15) is 0 Å². The highest BCUT2D eigenvalue weighted by Gasteiger charge is 2.27. The minimum absolute atomic E-state index is 0.0635. The number of carbonyl (C=O) groups excluding carboxylic acids is 1. The van der Waals surface area contributed by atoms with Gasteiger partial charge in [-0.3, -0.25) is 9.69 Å². The smallest absolute Gasteiger partial charge is 0.233 e. The maximum atomic E-state index is 12.5. The van der Waals surface area contributed by atoms with Crippen molar-refractivity contribution in [3.8, 4) is 0 Å². The van der Waals surface area contributed by atoms with Gasteiger partial charge in [0.25, 0.3) is 0 Å². The van der Waals surface area contributed by atoms with Crippen molar-refractivity contribution >= 4 is 17.5 Å². The van der Waals surface area contributed by atoms with Crippen molar-refractivity contribution in [3.05, 3.63) is 46.6 Å². The maximum absolute atomic E-state index is 12.5. The molecular weight excluding hydrogens is 340 g/mol. The summed E-state index contributed by atoms with van der Waals surface area (Å²) in [5.41, 5.74) is 0.878. The zero-order valence-corrected chi connectivity index (χ0v) is 15.4. The van der Waals surface area contributed by atoms with Crippen LogP contribution in [-0.2, 0) is 17.6 Å². The summed E-state index contributed by atoms with van der Waals surface area (Å²) < 4.78 is 5.66. The average Bonchev–Trinajstić information content (AvgIpc) is 3.12. The first-order chi connectivity index (χ1) is 12.1. The van der Waals surface area contributed by atoms with E-state index in [4.69, 9.17) is 16.0 Å². The first-order valence-electron chi connectivity index (χ1n) is 8.66. The van der Waals surface area contributed by atoms with Crippen molar-refractivity contribution in [1.82, 2.24) is 20.0 Å². The molecule has 1 fully saturated rings. The molecule has 25 heavy (non-hydrogen) atoms. The highest BCUT2D eigenvalue weighted by molar-refractivity contribution is 6.31. The minimum Gasteiger partial charge on any atom is -0.424 e. The van der Waals surface area contributed by atoms with Crippen LogP contribution < -0.4 is 0 Å². The van der Waals surface area contributed by atoms with E-state index in [0.29, 0.717) is 36.3 Å². The minimum atomic E-state index is 0.0635. The molecule has 3 rings (SSSR count). The van der Waals surface area contributed by atoms with E-state index in [1.807, 2.05) is 36.1 Å². The van der Waals surface area contributed by atoms with Crippen LogP contribution in [0.4, 0.5) is 0 Å². The van der Waals surface area contributed by atoms with Gasteiger partial charge in [-0.05, 0) is 18.6 Å². The molecule has 0 unspecified atom stereocenters. The standard InChI is InChI=1S/C18H23ClN4O2/c1-3-16-20-21-18(25-16)13(2)22-8-10-23(11-9-22)17(24)12-14-6-4-5-7-15(14)19/h4-7,13H,3,8-12H2,1-2H3/t13-/m1/s1. The molecule has 0 N–H and O–H groups in total. The van der Waals surface area contributed by atoms with Gasteiger partial charge >= 0.3 is 0 Å². The maximum Gasteiger partial charge on any atom is 0.233 e. The average molecular weight is 363 g/mol. The van der Waals surface area contributed by atoms with E-state index in [1.54, 1.807) is 0 Å². The number of benzene rings is 1. The molecule has 0 radical (unpaired) electrons. The Kier molecular flexibility index (Phi) is 5.71. The predicted octanol–water partition coefficient (Wildman–Crippen LogP) is 2.73. The zero-order valence-electron chi connectivity index (χ0n) is 14.6. The highest BCUT2D eigenvalue weighted by Crippen LogP contribution is 2.21. The number of hydrogen-bond acceptors (Lipinski definition) is 5. The number of aryl methyl sites for hydroxylation is 1. The Morgan fingerprint density at radius 1 is 1.24 bits per heavy atom. The second kappa shape index (κ2) is 7.97. The quantitative estimate of drug-likeness (QED) is 0.818. The number of piperazine rings is 1. The van der Waals surface area contributed by atoms with Gasteiger partial charge in [-0.25, -0.2) is 0 Å². The Morgan fingerprint density at radius 3 is 2.60 bits per heavy atom. The first kappa shape index (κ1) is 17.9. The van der Waals surface area contributed by atoms with Crippen LogP contribution in [0.5, 0.6) is 0 Å². The molecule has 0 bridgehead atoms. The number of amides is 1. The molecule has 0 saturated carbocycles. The molecule has 1 amide bonds. The predicted molar refractivity (Wildman–Crippen MR) is 95.4 cm³/mol. The first-order valence-corrected chi connectivity index (χ1v) is 9.03. The van der Waals surface area contributed by atoms with Gasteiger partial charge in [0.15, 0.2) is 0 Å². The fourth-order valence-electron chi connectivity index (χ4n) is 3.01. The molecule has 1 aromatic heterocycles. The van der Waals surface area contributed by atoms with Gasteiger partial charge in [-0.2, -0.15) is 0 Å². The van der Waals surface area contributed by atoms with Gasteiger partial charge in [0.2, 0.25) is 17.7 Å². The number of rotatable bonds is 5. The van der Waals surface area contributed by atoms with Crippen LogP contribution in [-0.4, -0.2) is 52.1 Å². The summed E-state index contributed by atoms with van der Waals surface area (Å²) in [6.45, 7) is 7.03. The Bertz CT molecular complexity index is 725. The summed E-state index contributed by atoms with van der Waals surface area (Å²) in [6.07, 6.45) is 1.09. The fourth-order valence-corrected chi connectivity index (χ4v) is 3.21. The monoisotopic (exact) mass is 362 g/mol. The van der Waals surface area contributed by atoms with Crippen LogP contribution in [0.25, 0.3) is 0 Å². The van der Waals surface area contributed by atoms with Gasteiger partial charge < -0.3 is 9.32 Å². The molecule has 6 nitrogen and oxygen atoms in total. The van der Waals surface area contributed by atoms with Crippen LogP contribution in [0.15, 0.2) is 28.7 Å². The van der Waals surface area contributed by atoms with Gasteiger partial charge in [0, 0.05) is 37.6 Å². The summed E-state index contributed by atoms with van der Waals surface area (Å²) >= 11 is 6.15. The number of hydrogen-bond donors (Lipinski definition) is 0. The van der Waals surface area contributed by atoms with E-state index in [9.17, 15) is 4.79 Å². The molecule has 7 heteroatoms. The van der Waals surface area contributed by atoms with Crippen molar-refractivity contribution in [2.24, 2.45) is 0 Å². The SMILES string of the molecule is CCc1nnc([C@@H](C)N2CCN(C(=O)Cc3ccccc3Cl)CC2)o1. The van der Waals surface area contributed by atoms with Crippen molar-refractivity contribution in [3.63, 3.8) is 0 Å². The van der Waals surface area contributed by atoms with E-state index in [-0.39, 0.29) is 11.9 Å². The van der Waals surface area contributed by atoms with E-state index >= 15 is 0 Å². The topological polar surface area (TPSA) is 62.5 Å². The van der Waals surface area contributed by atoms with Crippen LogP contribution in [0.3, 0.4) is 0 Å². The molecule has 2 heterocycles.